The second-order valence-electron chi connectivity index (χ2n) is 6.84. The van der Waals surface area contributed by atoms with Crippen LogP contribution in [-0.4, -0.2) is 21.6 Å². The lowest BCUT2D eigenvalue weighted by atomic mass is 10.1. The molecule has 4 rings (SSSR count). The summed E-state index contributed by atoms with van der Waals surface area (Å²) in [4.78, 5) is 24.8. The largest absolute Gasteiger partial charge is 0.326 e. The number of fused-ring (bicyclic) bond motifs is 1. The van der Waals surface area contributed by atoms with E-state index in [-0.39, 0.29) is 18.2 Å². The van der Waals surface area contributed by atoms with Gasteiger partial charge in [-0.05, 0) is 31.5 Å². The van der Waals surface area contributed by atoms with Crippen LogP contribution >= 0.6 is 0 Å². The third-order valence-corrected chi connectivity index (χ3v) is 4.71. The van der Waals surface area contributed by atoms with Crippen LogP contribution in [0.4, 0.5) is 11.5 Å². The third-order valence-electron chi connectivity index (χ3n) is 4.71. The molecule has 0 radical (unpaired) electrons. The SMILES string of the molecule is Cc1ccc(NC(=O)CC2C(=O)Nc3c(-c4ccc(C)cc4)cnn32)cc1. The molecule has 1 unspecified atom stereocenters. The number of benzene rings is 2. The number of hydrogen-bond donors (Lipinski definition) is 2. The fraction of sp³-hybridized carbons (Fsp3) is 0.190. The van der Waals surface area contributed by atoms with Gasteiger partial charge in [-0.1, -0.05) is 47.5 Å². The van der Waals surface area contributed by atoms with Crippen molar-refractivity contribution in [2.24, 2.45) is 0 Å². The van der Waals surface area contributed by atoms with Crippen LogP contribution < -0.4 is 10.6 Å². The first-order valence-electron chi connectivity index (χ1n) is 8.83. The van der Waals surface area contributed by atoms with E-state index >= 15 is 0 Å². The van der Waals surface area contributed by atoms with Crippen LogP contribution in [0, 0.1) is 13.8 Å². The van der Waals surface area contributed by atoms with E-state index in [4.69, 9.17) is 0 Å². The summed E-state index contributed by atoms with van der Waals surface area (Å²) >= 11 is 0. The maximum absolute atomic E-state index is 12.4. The van der Waals surface area contributed by atoms with Gasteiger partial charge < -0.3 is 10.6 Å². The lowest BCUT2D eigenvalue weighted by molar-refractivity contribution is -0.123. The van der Waals surface area contributed by atoms with E-state index in [0.717, 1.165) is 22.3 Å². The Hall–Kier alpha value is -3.41. The zero-order valence-electron chi connectivity index (χ0n) is 15.2. The number of aromatic nitrogens is 2. The number of nitrogens with zero attached hydrogens (tertiary/aromatic N) is 2. The average molecular weight is 360 g/mol. The molecular formula is C21H20N4O2. The highest BCUT2D eigenvalue weighted by molar-refractivity contribution is 6.04. The minimum atomic E-state index is -0.648. The Bertz CT molecular complexity index is 1000. The highest BCUT2D eigenvalue weighted by atomic mass is 16.2. The van der Waals surface area contributed by atoms with Gasteiger partial charge in [0.1, 0.15) is 11.9 Å². The summed E-state index contributed by atoms with van der Waals surface area (Å²) in [6, 6.07) is 14.9. The number of hydrogen-bond acceptors (Lipinski definition) is 3. The first-order valence-corrected chi connectivity index (χ1v) is 8.83. The molecular weight excluding hydrogens is 340 g/mol. The summed E-state index contributed by atoms with van der Waals surface area (Å²) in [5.74, 6) is 0.196. The Labute approximate surface area is 157 Å². The summed E-state index contributed by atoms with van der Waals surface area (Å²) in [5, 5.41) is 10.1. The van der Waals surface area contributed by atoms with Crippen molar-refractivity contribution in [1.82, 2.24) is 9.78 Å². The van der Waals surface area contributed by atoms with Crippen LogP contribution in [0.25, 0.3) is 11.1 Å². The minimum Gasteiger partial charge on any atom is -0.326 e. The van der Waals surface area contributed by atoms with Crippen LogP contribution in [-0.2, 0) is 9.59 Å². The second kappa shape index (κ2) is 6.72. The van der Waals surface area contributed by atoms with Crippen molar-refractivity contribution in [3.63, 3.8) is 0 Å². The van der Waals surface area contributed by atoms with Crippen LogP contribution in [0.15, 0.2) is 54.7 Å². The van der Waals surface area contributed by atoms with Crippen molar-refractivity contribution in [2.45, 2.75) is 26.3 Å². The smallest absolute Gasteiger partial charge is 0.251 e. The van der Waals surface area contributed by atoms with Gasteiger partial charge in [0.25, 0.3) is 5.91 Å². The first-order chi connectivity index (χ1) is 13.0. The topological polar surface area (TPSA) is 76.0 Å². The maximum atomic E-state index is 12.4. The van der Waals surface area contributed by atoms with Gasteiger partial charge in [0.05, 0.1) is 12.6 Å². The molecule has 1 aromatic heterocycles. The Kier molecular flexibility index (Phi) is 4.24. The molecule has 1 aliphatic rings. The summed E-state index contributed by atoms with van der Waals surface area (Å²) < 4.78 is 1.60. The lowest BCUT2D eigenvalue weighted by Gasteiger charge is -2.10. The molecule has 2 heterocycles. The van der Waals surface area contributed by atoms with Gasteiger partial charge in [-0.3, -0.25) is 9.59 Å². The zero-order chi connectivity index (χ0) is 19.0. The highest BCUT2D eigenvalue weighted by Gasteiger charge is 2.35. The summed E-state index contributed by atoms with van der Waals surface area (Å²) in [6.45, 7) is 4.01. The molecule has 0 saturated heterocycles. The monoisotopic (exact) mass is 360 g/mol. The van der Waals surface area contributed by atoms with E-state index in [2.05, 4.69) is 15.7 Å². The van der Waals surface area contributed by atoms with Crippen LogP contribution in [0.5, 0.6) is 0 Å². The first kappa shape index (κ1) is 17.0. The van der Waals surface area contributed by atoms with Gasteiger partial charge in [0, 0.05) is 11.3 Å². The standard InChI is InChI=1S/C21H20N4O2/c1-13-3-7-15(8-4-13)17-12-22-25-18(21(27)24-20(17)25)11-19(26)23-16-9-5-14(2)6-10-16/h3-10,12,18H,11H2,1-2H3,(H,23,26)(H,24,27). The molecule has 0 fully saturated rings. The molecule has 136 valence electrons. The number of nitrogens with one attached hydrogen (secondary N) is 2. The van der Waals surface area contributed by atoms with Gasteiger partial charge in [-0.2, -0.15) is 5.10 Å². The van der Waals surface area contributed by atoms with E-state index in [1.807, 2.05) is 62.4 Å². The Balaban J connectivity index is 1.52. The molecule has 27 heavy (non-hydrogen) atoms. The molecule has 2 aromatic carbocycles. The molecule has 6 nitrogen and oxygen atoms in total. The number of anilines is 2. The summed E-state index contributed by atoms with van der Waals surface area (Å²) in [6.07, 6.45) is 1.76. The average Bonchev–Trinajstić information content (AvgIpc) is 3.18. The van der Waals surface area contributed by atoms with Crippen molar-refractivity contribution in [3.05, 3.63) is 65.9 Å². The molecule has 0 saturated carbocycles. The van der Waals surface area contributed by atoms with Crippen molar-refractivity contribution in [3.8, 4) is 11.1 Å². The second-order valence-corrected chi connectivity index (χ2v) is 6.84. The van der Waals surface area contributed by atoms with E-state index in [1.54, 1.807) is 10.9 Å². The molecule has 2 amide bonds. The maximum Gasteiger partial charge on any atom is 0.251 e. The Morgan fingerprint density at radius 1 is 1.07 bits per heavy atom. The fourth-order valence-electron chi connectivity index (χ4n) is 3.18. The van der Waals surface area contributed by atoms with Gasteiger partial charge >= 0.3 is 0 Å². The molecule has 0 bridgehead atoms. The van der Waals surface area contributed by atoms with Gasteiger partial charge in [-0.15, -0.1) is 0 Å². The van der Waals surface area contributed by atoms with Crippen molar-refractivity contribution in [2.75, 3.05) is 10.6 Å². The molecule has 1 aliphatic heterocycles. The molecule has 2 N–H and O–H groups in total. The van der Waals surface area contributed by atoms with Crippen molar-refractivity contribution in [1.29, 1.82) is 0 Å². The van der Waals surface area contributed by atoms with Crippen molar-refractivity contribution < 1.29 is 9.59 Å². The van der Waals surface area contributed by atoms with Gasteiger partial charge in [-0.25, -0.2) is 4.68 Å². The number of carbonyl (C=O) groups is 2. The normalized spacial score (nSPS) is 15.3. The van der Waals surface area contributed by atoms with Crippen LogP contribution in [0.3, 0.4) is 0 Å². The fourth-order valence-corrected chi connectivity index (χ4v) is 3.18. The molecule has 0 spiro atoms. The molecule has 1 atom stereocenters. The van der Waals surface area contributed by atoms with E-state index in [9.17, 15) is 9.59 Å². The predicted octanol–water partition coefficient (Wildman–Crippen LogP) is 3.69. The number of aryl methyl sites for hydroxylation is 2. The molecule has 0 aliphatic carbocycles. The van der Waals surface area contributed by atoms with Gasteiger partial charge in [0.15, 0.2) is 0 Å². The zero-order valence-corrected chi connectivity index (χ0v) is 15.2. The van der Waals surface area contributed by atoms with E-state index < -0.39 is 6.04 Å². The van der Waals surface area contributed by atoms with E-state index in [1.165, 1.54) is 0 Å². The Morgan fingerprint density at radius 2 is 1.70 bits per heavy atom. The highest BCUT2D eigenvalue weighted by Crippen LogP contribution is 2.35. The molecule has 6 heteroatoms. The van der Waals surface area contributed by atoms with Crippen LogP contribution in [0.2, 0.25) is 0 Å². The quantitative estimate of drug-likeness (QED) is 0.745. The summed E-state index contributed by atoms with van der Waals surface area (Å²) in [7, 11) is 0. The summed E-state index contributed by atoms with van der Waals surface area (Å²) in [5.41, 5.74) is 4.83. The lowest BCUT2D eigenvalue weighted by Crippen LogP contribution is -2.23. The van der Waals surface area contributed by atoms with E-state index in [0.29, 0.717) is 11.5 Å². The number of amides is 2. The Morgan fingerprint density at radius 3 is 2.37 bits per heavy atom. The number of rotatable bonds is 4. The van der Waals surface area contributed by atoms with Gasteiger partial charge in [0.2, 0.25) is 5.91 Å². The third kappa shape index (κ3) is 3.33. The minimum absolute atomic E-state index is 0.0295. The molecule has 3 aromatic rings. The van der Waals surface area contributed by atoms with Crippen molar-refractivity contribution >= 4 is 23.3 Å². The predicted molar refractivity (Wildman–Crippen MR) is 104 cm³/mol. The van der Waals surface area contributed by atoms with Crippen LogP contribution in [0.1, 0.15) is 23.6 Å². The number of carbonyl (C=O) groups excluding carboxylic acids is 2.